The molecule has 130 valence electrons. The van der Waals surface area contributed by atoms with Crippen LogP contribution >= 0.6 is 23.2 Å². The SMILES string of the molecule is NC(=O)c1cccc2c1c1ccc(F)cc1n2Cc1ccc(Cl)cc1Cl. The third-order valence-electron chi connectivity index (χ3n) is 4.46. The molecule has 0 spiro atoms. The van der Waals surface area contributed by atoms with Gasteiger partial charge in [0, 0.05) is 32.9 Å². The summed E-state index contributed by atoms with van der Waals surface area (Å²) < 4.78 is 15.9. The molecule has 1 amide bonds. The summed E-state index contributed by atoms with van der Waals surface area (Å²) in [7, 11) is 0. The Balaban J connectivity index is 2.05. The first kappa shape index (κ1) is 16.9. The zero-order valence-corrected chi connectivity index (χ0v) is 15.0. The first-order chi connectivity index (χ1) is 12.5. The number of carbonyl (C=O) groups excluding carboxylic acids is 1. The molecule has 0 atom stereocenters. The first-order valence-electron chi connectivity index (χ1n) is 7.90. The number of benzene rings is 3. The van der Waals surface area contributed by atoms with Crippen molar-refractivity contribution >= 4 is 50.9 Å². The van der Waals surface area contributed by atoms with Crippen molar-refractivity contribution in [2.24, 2.45) is 5.73 Å². The smallest absolute Gasteiger partial charge is 0.249 e. The third kappa shape index (κ3) is 2.71. The fourth-order valence-electron chi connectivity index (χ4n) is 3.31. The Morgan fingerprint density at radius 1 is 1.04 bits per heavy atom. The second kappa shape index (κ2) is 6.31. The molecule has 3 nitrogen and oxygen atoms in total. The van der Waals surface area contributed by atoms with E-state index in [1.165, 1.54) is 12.1 Å². The summed E-state index contributed by atoms with van der Waals surface area (Å²) >= 11 is 12.3. The van der Waals surface area contributed by atoms with Gasteiger partial charge in [-0.15, -0.1) is 0 Å². The molecule has 1 aromatic heterocycles. The highest BCUT2D eigenvalue weighted by Gasteiger charge is 2.17. The Morgan fingerprint density at radius 2 is 1.85 bits per heavy atom. The number of aromatic nitrogens is 1. The number of amides is 1. The number of fused-ring (bicyclic) bond motifs is 3. The summed E-state index contributed by atoms with van der Waals surface area (Å²) in [5.41, 5.74) is 8.24. The van der Waals surface area contributed by atoms with Gasteiger partial charge in [0.2, 0.25) is 5.91 Å². The fraction of sp³-hybridized carbons (Fsp3) is 0.0500. The van der Waals surface area contributed by atoms with Crippen LogP contribution in [0, 0.1) is 5.82 Å². The number of primary amides is 1. The Kier molecular flexibility index (Phi) is 4.10. The van der Waals surface area contributed by atoms with Crippen LogP contribution in [0.4, 0.5) is 4.39 Å². The highest BCUT2D eigenvalue weighted by molar-refractivity contribution is 6.35. The first-order valence-corrected chi connectivity index (χ1v) is 8.65. The number of halogens is 3. The van der Waals surface area contributed by atoms with Crippen LogP contribution in [0.1, 0.15) is 15.9 Å². The van der Waals surface area contributed by atoms with Gasteiger partial charge in [-0.2, -0.15) is 0 Å². The molecule has 0 aliphatic rings. The van der Waals surface area contributed by atoms with Gasteiger partial charge in [0.25, 0.3) is 0 Å². The lowest BCUT2D eigenvalue weighted by atomic mass is 10.1. The molecule has 6 heteroatoms. The highest BCUT2D eigenvalue weighted by atomic mass is 35.5. The minimum absolute atomic E-state index is 0.357. The number of carbonyl (C=O) groups is 1. The van der Waals surface area contributed by atoms with Gasteiger partial charge in [0.1, 0.15) is 5.82 Å². The van der Waals surface area contributed by atoms with Crippen molar-refractivity contribution in [2.45, 2.75) is 6.54 Å². The van der Waals surface area contributed by atoms with Crippen LogP contribution in [-0.4, -0.2) is 10.5 Å². The van der Waals surface area contributed by atoms with Crippen molar-refractivity contribution in [1.82, 2.24) is 4.57 Å². The van der Waals surface area contributed by atoms with Crippen molar-refractivity contribution in [3.05, 3.63) is 81.6 Å². The van der Waals surface area contributed by atoms with Crippen LogP contribution in [0.2, 0.25) is 10.0 Å². The van der Waals surface area contributed by atoms with E-state index in [9.17, 15) is 9.18 Å². The Morgan fingerprint density at radius 3 is 2.58 bits per heavy atom. The van der Waals surface area contributed by atoms with E-state index in [0.717, 1.165) is 16.5 Å². The normalized spacial score (nSPS) is 11.3. The average molecular weight is 387 g/mol. The zero-order chi connectivity index (χ0) is 18.4. The maximum absolute atomic E-state index is 13.9. The quantitative estimate of drug-likeness (QED) is 0.504. The van der Waals surface area contributed by atoms with E-state index in [1.54, 1.807) is 30.3 Å². The van der Waals surface area contributed by atoms with Crippen molar-refractivity contribution in [3.63, 3.8) is 0 Å². The molecule has 0 unspecified atom stereocenters. The van der Waals surface area contributed by atoms with Crippen LogP contribution in [0.15, 0.2) is 54.6 Å². The molecule has 0 aliphatic carbocycles. The molecule has 0 aliphatic heterocycles. The van der Waals surface area contributed by atoms with E-state index in [-0.39, 0.29) is 5.82 Å². The van der Waals surface area contributed by atoms with Crippen LogP contribution < -0.4 is 5.73 Å². The lowest BCUT2D eigenvalue weighted by Gasteiger charge is -2.10. The highest BCUT2D eigenvalue weighted by Crippen LogP contribution is 2.33. The van der Waals surface area contributed by atoms with Crippen molar-refractivity contribution in [1.29, 1.82) is 0 Å². The maximum atomic E-state index is 13.9. The molecule has 26 heavy (non-hydrogen) atoms. The number of nitrogens with two attached hydrogens (primary N) is 1. The molecule has 4 aromatic rings. The minimum Gasteiger partial charge on any atom is -0.366 e. The predicted octanol–water partition coefficient (Wildman–Crippen LogP) is 5.39. The summed E-state index contributed by atoms with van der Waals surface area (Å²) in [6, 6.07) is 15.1. The second-order valence-electron chi connectivity index (χ2n) is 6.05. The molecular formula is C20H13Cl2FN2O. The van der Waals surface area contributed by atoms with Crippen LogP contribution in [0.5, 0.6) is 0 Å². The topological polar surface area (TPSA) is 48.0 Å². The Bertz CT molecular complexity index is 1180. The van der Waals surface area contributed by atoms with Crippen molar-refractivity contribution in [2.75, 3.05) is 0 Å². The molecular weight excluding hydrogens is 374 g/mol. The zero-order valence-electron chi connectivity index (χ0n) is 13.5. The molecule has 0 saturated carbocycles. The molecule has 0 saturated heterocycles. The predicted molar refractivity (Wildman–Crippen MR) is 103 cm³/mol. The lowest BCUT2D eigenvalue weighted by molar-refractivity contribution is 0.100. The largest absolute Gasteiger partial charge is 0.366 e. The minimum atomic E-state index is -0.525. The van der Waals surface area contributed by atoms with Crippen LogP contribution in [0.3, 0.4) is 0 Å². The van der Waals surface area contributed by atoms with Crippen molar-refractivity contribution in [3.8, 4) is 0 Å². The van der Waals surface area contributed by atoms with E-state index < -0.39 is 5.91 Å². The standard InChI is InChI=1S/C20H13Cl2FN2O/c21-12-5-4-11(16(22)8-12)10-25-17-3-1-2-15(20(24)26)19(17)14-7-6-13(23)9-18(14)25/h1-9H,10H2,(H2,24,26). The van der Waals surface area contributed by atoms with E-state index in [4.69, 9.17) is 28.9 Å². The summed E-state index contributed by atoms with van der Waals surface area (Å²) in [6.45, 7) is 0.404. The summed E-state index contributed by atoms with van der Waals surface area (Å²) in [6.07, 6.45) is 0. The van der Waals surface area contributed by atoms with Gasteiger partial charge in [-0.3, -0.25) is 4.79 Å². The van der Waals surface area contributed by atoms with E-state index in [2.05, 4.69) is 0 Å². The van der Waals surface area contributed by atoms with E-state index >= 15 is 0 Å². The van der Waals surface area contributed by atoms with Gasteiger partial charge in [-0.05, 0) is 48.0 Å². The maximum Gasteiger partial charge on any atom is 0.249 e. The fourth-order valence-corrected chi connectivity index (χ4v) is 3.78. The van der Waals surface area contributed by atoms with E-state index in [0.29, 0.717) is 33.1 Å². The molecule has 0 radical (unpaired) electrons. The van der Waals surface area contributed by atoms with Crippen molar-refractivity contribution < 1.29 is 9.18 Å². The van der Waals surface area contributed by atoms with E-state index in [1.807, 2.05) is 16.7 Å². The van der Waals surface area contributed by atoms with Gasteiger partial charge in [-0.25, -0.2) is 4.39 Å². The molecule has 1 heterocycles. The number of hydrogen-bond acceptors (Lipinski definition) is 1. The molecule has 0 bridgehead atoms. The van der Waals surface area contributed by atoms with Crippen LogP contribution in [0.25, 0.3) is 21.8 Å². The van der Waals surface area contributed by atoms with Gasteiger partial charge < -0.3 is 10.3 Å². The van der Waals surface area contributed by atoms with Gasteiger partial charge in [0.15, 0.2) is 0 Å². The average Bonchev–Trinajstić information content (AvgIpc) is 2.90. The second-order valence-corrected chi connectivity index (χ2v) is 6.89. The molecule has 4 rings (SSSR count). The molecule has 0 fully saturated rings. The Labute approximate surface area is 158 Å². The lowest BCUT2D eigenvalue weighted by Crippen LogP contribution is -2.11. The molecule has 2 N–H and O–H groups in total. The summed E-state index contributed by atoms with van der Waals surface area (Å²) in [5.74, 6) is -0.882. The van der Waals surface area contributed by atoms with Crippen LogP contribution in [-0.2, 0) is 6.54 Å². The van der Waals surface area contributed by atoms with Gasteiger partial charge in [-0.1, -0.05) is 35.3 Å². The Hall–Kier alpha value is -2.56. The summed E-state index contributed by atoms with van der Waals surface area (Å²) in [4.78, 5) is 11.9. The van der Waals surface area contributed by atoms with Gasteiger partial charge in [0.05, 0.1) is 11.0 Å². The number of hydrogen-bond donors (Lipinski definition) is 1. The summed E-state index contributed by atoms with van der Waals surface area (Å²) in [5, 5.41) is 2.54. The van der Waals surface area contributed by atoms with Gasteiger partial charge >= 0.3 is 0 Å². The number of rotatable bonds is 3. The monoisotopic (exact) mass is 386 g/mol. The molecule has 3 aromatic carbocycles. The number of nitrogens with zero attached hydrogens (tertiary/aromatic N) is 1. The third-order valence-corrected chi connectivity index (χ3v) is 5.05.